The van der Waals surface area contributed by atoms with Crippen LogP contribution in [0.4, 0.5) is 17.6 Å². The van der Waals surface area contributed by atoms with E-state index in [9.17, 15) is 17.6 Å². The van der Waals surface area contributed by atoms with Crippen LogP contribution >= 0.6 is 0 Å². The van der Waals surface area contributed by atoms with Crippen molar-refractivity contribution in [2.24, 2.45) is 11.8 Å². The van der Waals surface area contributed by atoms with E-state index in [-0.39, 0.29) is 5.92 Å². The average Bonchev–Trinajstić information content (AvgIpc) is 2.68. The number of rotatable bonds is 7. The summed E-state index contributed by atoms with van der Waals surface area (Å²) in [6.45, 7) is 1.30. The summed E-state index contributed by atoms with van der Waals surface area (Å²) < 4.78 is 57.4. The fourth-order valence-electron chi connectivity index (χ4n) is 5.38. The van der Waals surface area contributed by atoms with Crippen molar-refractivity contribution >= 4 is 8.80 Å². The lowest BCUT2D eigenvalue weighted by Gasteiger charge is -2.37. The average molecular weight is 417 g/mol. The first-order chi connectivity index (χ1) is 13.5. The zero-order valence-corrected chi connectivity index (χ0v) is 17.9. The van der Waals surface area contributed by atoms with E-state index in [1.54, 1.807) is 0 Å². The topological polar surface area (TPSA) is 9.23 Å². The van der Waals surface area contributed by atoms with Crippen molar-refractivity contribution in [3.05, 3.63) is 29.3 Å². The van der Waals surface area contributed by atoms with Crippen molar-refractivity contribution in [3.8, 4) is 5.75 Å². The fourth-order valence-corrected chi connectivity index (χ4v) is 8.86. The zero-order chi connectivity index (χ0) is 20.1. The van der Waals surface area contributed by atoms with E-state index in [4.69, 9.17) is 0 Å². The number of hydrogen-bond donors (Lipinski definition) is 0. The smallest absolute Gasteiger partial charge is 0.272 e. The van der Waals surface area contributed by atoms with Crippen LogP contribution in [0.1, 0.15) is 63.4 Å². The first kappa shape index (κ1) is 21.7. The minimum absolute atomic E-state index is 0.148. The zero-order valence-electron chi connectivity index (χ0n) is 16.7. The maximum absolute atomic E-state index is 14.2. The van der Waals surface area contributed by atoms with Crippen molar-refractivity contribution in [3.63, 3.8) is 0 Å². The molecule has 1 aliphatic carbocycles. The molecule has 0 N–H and O–H groups in total. The Hall–Kier alpha value is -1.04. The van der Waals surface area contributed by atoms with E-state index in [2.05, 4.69) is 11.7 Å². The van der Waals surface area contributed by atoms with Gasteiger partial charge < -0.3 is 4.74 Å². The Kier molecular flexibility index (Phi) is 7.83. The van der Waals surface area contributed by atoms with Gasteiger partial charge in [-0.3, -0.25) is 0 Å². The van der Waals surface area contributed by atoms with Crippen LogP contribution in [-0.2, 0) is 0 Å². The number of benzene rings is 1. The van der Waals surface area contributed by atoms with Gasteiger partial charge in [0.1, 0.15) is 6.61 Å². The van der Waals surface area contributed by atoms with Gasteiger partial charge in [0.15, 0.2) is 17.4 Å². The third kappa shape index (κ3) is 5.52. The molecule has 0 unspecified atom stereocenters. The second-order valence-electron chi connectivity index (χ2n) is 8.70. The molecule has 1 aliphatic heterocycles. The number of halogens is 4. The largest absolute Gasteiger partial charge is 0.482 e. The molecule has 1 heterocycles. The SMILES string of the molecule is CCC[Si@H]1CC[C@H]([C@H]2CC[C@H](c3cc(F)c(OCC(F)F)c(F)c3)CC2)CC1. The third-order valence-electron chi connectivity index (χ3n) is 6.87. The van der Waals surface area contributed by atoms with E-state index in [1.807, 2.05) is 0 Å². The maximum Gasteiger partial charge on any atom is 0.272 e. The molecule has 158 valence electrons. The molecule has 2 aliphatic rings. The van der Waals surface area contributed by atoms with Gasteiger partial charge in [-0.2, -0.15) is 0 Å². The molecule has 0 radical (unpaired) electrons. The van der Waals surface area contributed by atoms with Crippen molar-refractivity contribution in [2.45, 2.75) is 82.3 Å². The quantitative estimate of drug-likeness (QED) is 0.346. The lowest BCUT2D eigenvalue weighted by molar-refractivity contribution is 0.0777. The number of ether oxygens (including phenoxy) is 1. The summed E-state index contributed by atoms with van der Waals surface area (Å²) in [5.41, 5.74) is 0.636. The van der Waals surface area contributed by atoms with Crippen LogP contribution in [0.2, 0.25) is 18.1 Å². The molecule has 28 heavy (non-hydrogen) atoms. The van der Waals surface area contributed by atoms with Crippen LogP contribution in [-0.4, -0.2) is 21.8 Å². The van der Waals surface area contributed by atoms with Gasteiger partial charge in [0.05, 0.1) is 0 Å². The highest BCUT2D eigenvalue weighted by atomic mass is 28.3. The van der Waals surface area contributed by atoms with Crippen LogP contribution in [0.3, 0.4) is 0 Å². The number of hydrogen-bond acceptors (Lipinski definition) is 1. The van der Waals surface area contributed by atoms with Gasteiger partial charge in [0, 0.05) is 8.80 Å². The maximum atomic E-state index is 14.2. The summed E-state index contributed by atoms with van der Waals surface area (Å²) in [4.78, 5) is 0. The Bertz CT molecular complexity index is 600. The highest BCUT2D eigenvalue weighted by Crippen LogP contribution is 2.44. The molecule has 3 rings (SSSR count). The second-order valence-corrected chi connectivity index (χ2v) is 12.2. The molecule has 6 heteroatoms. The predicted molar refractivity (Wildman–Crippen MR) is 107 cm³/mol. The van der Waals surface area contributed by atoms with Crippen molar-refractivity contribution < 1.29 is 22.3 Å². The number of alkyl halides is 2. The molecule has 0 atom stereocenters. The van der Waals surface area contributed by atoms with Gasteiger partial charge in [0.2, 0.25) is 0 Å². The van der Waals surface area contributed by atoms with Crippen LogP contribution in [0.25, 0.3) is 0 Å². The summed E-state index contributed by atoms with van der Waals surface area (Å²) >= 11 is 0. The highest BCUT2D eigenvalue weighted by Gasteiger charge is 2.32. The van der Waals surface area contributed by atoms with Crippen LogP contribution in [0.15, 0.2) is 12.1 Å². The van der Waals surface area contributed by atoms with Crippen molar-refractivity contribution in [1.82, 2.24) is 0 Å². The van der Waals surface area contributed by atoms with E-state index in [0.29, 0.717) is 5.56 Å². The Morgan fingerprint density at radius 2 is 1.54 bits per heavy atom. The van der Waals surface area contributed by atoms with E-state index < -0.39 is 39.2 Å². The van der Waals surface area contributed by atoms with Crippen molar-refractivity contribution in [1.29, 1.82) is 0 Å². The Morgan fingerprint density at radius 1 is 0.964 bits per heavy atom. The van der Waals surface area contributed by atoms with Crippen LogP contribution in [0.5, 0.6) is 5.75 Å². The van der Waals surface area contributed by atoms with Crippen LogP contribution < -0.4 is 4.74 Å². The lowest BCUT2D eigenvalue weighted by Crippen LogP contribution is -2.28. The molecule has 1 aromatic carbocycles. The molecule has 0 bridgehead atoms. The third-order valence-corrected chi connectivity index (χ3v) is 10.6. The Morgan fingerprint density at radius 3 is 2.07 bits per heavy atom. The molecule has 1 saturated carbocycles. The van der Waals surface area contributed by atoms with E-state index >= 15 is 0 Å². The summed E-state index contributed by atoms with van der Waals surface area (Å²) in [6.07, 6.45) is 5.53. The summed E-state index contributed by atoms with van der Waals surface area (Å²) in [7, 11) is -0.452. The van der Waals surface area contributed by atoms with Gasteiger partial charge >= 0.3 is 0 Å². The molecule has 1 nitrogen and oxygen atoms in total. The molecule has 0 aromatic heterocycles. The van der Waals surface area contributed by atoms with Gasteiger partial charge in [-0.15, -0.1) is 0 Å². The van der Waals surface area contributed by atoms with Gasteiger partial charge in [-0.25, -0.2) is 17.6 Å². The summed E-state index contributed by atoms with van der Waals surface area (Å²) in [5.74, 6) is -0.689. The van der Waals surface area contributed by atoms with E-state index in [1.165, 1.54) is 49.5 Å². The standard InChI is InChI=1S/C22H32F4OSi/c1-2-9-28-10-7-17(8-11-28)15-3-5-16(6-4-15)18-12-19(23)22(20(24)13-18)27-14-21(25)26/h12-13,15-17,21,28H,2-11,14H2,1H3/t15-,16-,17-,28-. The molecule has 0 amide bonds. The fraction of sp³-hybridized carbons (Fsp3) is 0.727. The minimum atomic E-state index is -2.76. The lowest BCUT2D eigenvalue weighted by atomic mass is 9.72. The second kappa shape index (κ2) is 10.1. The highest BCUT2D eigenvalue weighted by molar-refractivity contribution is 6.58. The first-order valence-electron chi connectivity index (χ1n) is 10.9. The van der Waals surface area contributed by atoms with Crippen molar-refractivity contribution in [2.75, 3.05) is 6.61 Å². The van der Waals surface area contributed by atoms with Gasteiger partial charge in [-0.05, 0) is 61.1 Å². The Labute approximate surface area is 167 Å². The molecule has 1 saturated heterocycles. The minimum Gasteiger partial charge on any atom is -0.482 e. The summed E-state index contributed by atoms with van der Waals surface area (Å²) in [5, 5.41) is 0. The molecular formula is C22H32F4OSi. The summed E-state index contributed by atoms with van der Waals surface area (Å²) in [6, 6.07) is 7.03. The Balaban J connectivity index is 1.53. The first-order valence-corrected chi connectivity index (χ1v) is 13.3. The van der Waals surface area contributed by atoms with E-state index in [0.717, 1.165) is 37.5 Å². The van der Waals surface area contributed by atoms with Gasteiger partial charge in [0.25, 0.3) is 6.43 Å². The molecule has 2 fully saturated rings. The molecular weight excluding hydrogens is 384 g/mol. The molecule has 0 spiro atoms. The van der Waals surface area contributed by atoms with Crippen LogP contribution in [0, 0.1) is 23.5 Å². The van der Waals surface area contributed by atoms with Gasteiger partial charge in [-0.1, -0.05) is 44.3 Å². The monoisotopic (exact) mass is 416 g/mol. The molecule has 1 aromatic rings. The predicted octanol–water partition coefficient (Wildman–Crippen LogP) is 6.93. The normalized spacial score (nSPS) is 28.5.